The molecular formula is C34H53BN8O14. The number of amides is 4. The van der Waals surface area contributed by atoms with Crippen molar-refractivity contribution >= 4 is 54.6 Å². The molecule has 1 spiro atoms. The van der Waals surface area contributed by atoms with Gasteiger partial charge >= 0.3 is 37.2 Å². The van der Waals surface area contributed by atoms with Crippen molar-refractivity contribution in [1.29, 1.82) is 0 Å². The van der Waals surface area contributed by atoms with Gasteiger partial charge in [0.1, 0.15) is 18.1 Å². The third-order valence-electron chi connectivity index (χ3n) is 10.6. The molecule has 5 N–H and O–H groups in total. The van der Waals surface area contributed by atoms with E-state index in [4.69, 9.17) is 18.9 Å². The van der Waals surface area contributed by atoms with Crippen LogP contribution in [0.1, 0.15) is 46.5 Å². The molecule has 316 valence electrons. The number of rotatable bonds is 11. The molecule has 5 fully saturated rings. The van der Waals surface area contributed by atoms with E-state index in [2.05, 4.69) is 16.0 Å². The Morgan fingerprint density at radius 3 is 1.79 bits per heavy atom. The van der Waals surface area contributed by atoms with Crippen molar-refractivity contribution in [3.8, 4) is 0 Å². The zero-order valence-corrected chi connectivity index (χ0v) is 32.5. The van der Waals surface area contributed by atoms with E-state index in [9.17, 15) is 48.4 Å². The van der Waals surface area contributed by atoms with Crippen LogP contribution in [0.2, 0.25) is 0 Å². The van der Waals surface area contributed by atoms with Crippen molar-refractivity contribution in [2.75, 3.05) is 85.1 Å². The standard InChI is InChI=1S/C34H53BN8O14/c1-21(2)30(31(49)37-22(3)32(50)43-8-4-5-24(43)35(52)53)38-26(45)17-36-25(44)7-6-23-33(51)57-34-54-27(46)18-39-9-11-40(19-28(47)55-34)13-15-42(23)16-14-41(12-10-39)20-29(48)56-34/h21-24,30,52-53H,4-20H2,1-3H3,(H,36,44)(H,37,49)(H,38,45)/t22-,23-,24+,30+/m1/s1. The van der Waals surface area contributed by atoms with E-state index < -0.39 is 97.3 Å². The minimum absolute atomic E-state index is 0.167. The molecule has 0 saturated carbocycles. The van der Waals surface area contributed by atoms with E-state index in [1.54, 1.807) is 28.5 Å². The van der Waals surface area contributed by atoms with Crippen LogP contribution in [-0.2, 0) is 57.3 Å². The van der Waals surface area contributed by atoms with Gasteiger partial charge in [0.15, 0.2) is 0 Å². The van der Waals surface area contributed by atoms with E-state index >= 15 is 0 Å². The molecule has 0 aromatic heterocycles. The predicted octanol–water partition coefficient (Wildman–Crippen LogP) is -5.05. The fraction of sp³-hybridized carbons (Fsp3) is 0.765. The van der Waals surface area contributed by atoms with Gasteiger partial charge in [-0.15, -0.1) is 0 Å². The maximum atomic E-state index is 14.0. The van der Waals surface area contributed by atoms with Gasteiger partial charge < -0.3 is 49.8 Å². The van der Waals surface area contributed by atoms with Gasteiger partial charge in [-0.05, 0) is 32.1 Å². The highest BCUT2D eigenvalue weighted by molar-refractivity contribution is 6.43. The molecular weight excluding hydrogens is 755 g/mol. The van der Waals surface area contributed by atoms with Crippen LogP contribution < -0.4 is 16.0 Å². The summed E-state index contributed by atoms with van der Waals surface area (Å²) < 4.78 is 21.6. The van der Waals surface area contributed by atoms with Crippen LogP contribution in [0.3, 0.4) is 0 Å². The van der Waals surface area contributed by atoms with E-state index in [1.807, 2.05) is 4.90 Å². The first-order chi connectivity index (χ1) is 27.0. The summed E-state index contributed by atoms with van der Waals surface area (Å²) in [5, 5.41) is 26.9. The third-order valence-corrected chi connectivity index (χ3v) is 10.6. The van der Waals surface area contributed by atoms with E-state index in [-0.39, 0.29) is 45.6 Å². The minimum atomic E-state index is -3.15. The number of esters is 4. The average molecular weight is 809 g/mol. The first-order valence-corrected chi connectivity index (χ1v) is 19.3. The van der Waals surface area contributed by atoms with Gasteiger partial charge in [-0.1, -0.05) is 13.8 Å². The lowest BCUT2D eigenvalue weighted by Crippen LogP contribution is -2.57. The number of likely N-dealkylation sites (tertiary alicyclic amines) is 1. The molecule has 5 aliphatic rings. The third kappa shape index (κ3) is 11.8. The summed E-state index contributed by atoms with van der Waals surface area (Å²) in [6, 6.07) is -3.29. The van der Waals surface area contributed by atoms with Gasteiger partial charge in [-0.25, -0.2) is 0 Å². The number of carbonyl (C=O) groups is 8. The van der Waals surface area contributed by atoms with Crippen LogP contribution in [0.15, 0.2) is 0 Å². The number of fused-ring (bicyclic) bond motifs is 12. The quantitative estimate of drug-likeness (QED) is 0.0966. The number of carbonyl (C=O) groups excluding carboxylic acids is 8. The highest BCUT2D eigenvalue weighted by Gasteiger charge is 2.53. The van der Waals surface area contributed by atoms with Crippen LogP contribution >= 0.6 is 0 Å². The molecule has 5 aliphatic heterocycles. The second kappa shape index (κ2) is 19.4. The number of nitrogens with zero attached hydrogens (tertiary/aromatic N) is 5. The van der Waals surface area contributed by atoms with Crippen molar-refractivity contribution < 1.29 is 67.4 Å². The lowest BCUT2D eigenvalue weighted by molar-refractivity contribution is -0.432. The SMILES string of the molecule is CC(C)[C@H](NC(=O)CNC(=O)CC[C@@H]1C(=O)OC23OC(=O)CN4CCN(CCN1CCN(CC4)CC(=O)O2)CC(=O)O3)C(=O)N[C@H](C)C(=O)N1CCC[C@H]1B(O)O. The number of hydrogen-bond acceptors (Lipinski definition) is 18. The monoisotopic (exact) mass is 808 g/mol. The van der Waals surface area contributed by atoms with E-state index in [0.717, 1.165) is 0 Å². The molecule has 57 heavy (non-hydrogen) atoms. The number of ether oxygens (including phenoxy) is 4. The second-order valence-corrected chi connectivity index (χ2v) is 15.2. The Morgan fingerprint density at radius 1 is 0.754 bits per heavy atom. The van der Waals surface area contributed by atoms with Crippen molar-refractivity contribution in [2.45, 2.75) is 76.7 Å². The Labute approximate surface area is 329 Å². The highest BCUT2D eigenvalue weighted by atomic mass is 17.0. The summed E-state index contributed by atoms with van der Waals surface area (Å²) in [6.45, 7) is 6.33. The molecule has 5 rings (SSSR count). The molecule has 23 heteroatoms. The maximum Gasteiger partial charge on any atom is 0.619 e. The molecule has 4 amide bonds. The Hall–Kier alpha value is -4.42. The molecule has 0 radical (unpaired) electrons. The van der Waals surface area contributed by atoms with Crippen LogP contribution in [-0.4, -0.2) is 204 Å². The fourth-order valence-electron chi connectivity index (χ4n) is 7.45. The Balaban J connectivity index is 1.24. The molecule has 0 aromatic rings. The first-order valence-electron chi connectivity index (χ1n) is 19.3. The summed E-state index contributed by atoms with van der Waals surface area (Å²) in [7, 11) is -1.72. The molecule has 0 aromatic carbocycles. The molecule has 5 bridgehead atoms. The van der Waals surface area contributed by atoms with Crippen LogP contribution in [0.4, 0.5) is 0 Å². The number of hydrogen-bond donors (Lipinski definition) is 5. The van der Waals surface area contributed by atoms with Gasteiger partial charge in [0.2, 0.25) is 23.6 Å². The lowest BCUT2D eigenvalue weighted by Gasteiger charge is -2.35. The van der Waals surface area contributed by atoms with Crippen LogP contribution in [0.5, 0.6) is 0 Å². The van der Waals surface area contributed by atoms with Crippen molar-refractivity contribution in [2.24, 2.45) is 5.92 Å². The van der Waals surface area contributed by atoms with Gasteiger partial charge in [-0.3, -0.25) is 58.0 Å². The van der Waals surface area contributed by atoms with Crippen molar-refractivity contribution in [3.05, 3.63) is 0 Å². The van der Waals surface area contributed by atoms with Gasteiger partial charge in [0, 0.05) is 65.3 Å². The summed E-state index contributed by atoms with van der Waals surface area (Å²) in [6.07, 6.45) is -2.63. The fourth-order valence-corrected chi connectivity index (χ4v) is 7.45. The summed E-state index contributed by atoms with van der Waals surface area (Å²) in [5.41, 5.74) is 0. The maximum absolute atomic E-state index is 14.0. The summed E-state index contributed by atoms with van der Waals surface area (Å²) in [4.78, 5) is 114. The largest absolute Gasteiger partial charge is 0.619 e. The first kappa shape index (κ1) is 43.7. The highest BCUT2D eigenvalue weighted by Crippen LogP contribution is 2.26. The van der Waals surface area contributed by atoms with Crippen molar-refractivity contribution in [1.82, 2.24) is 40.4 Å². The lowest BCUT2D eigenvalue weighted by atomic mass is 9.78. The molecule has 5 heterocycles. The van der Waals surface area contributed by atoms with Gasteiger partial charge in [0.25, 0.3) is 0 Å². The predicted molar refractivity (Wildman–Crippen MR) is 193 cm³/mol. The molecule has 2 unspecified atom stereocenters. The molecule has 0 aliphatic carbocycles. The summed E-state index contributed by atoms with van der Waals surface area (Å²) in [5.74, 6) is -7.68. The zero-order valence-electron chi connectivity index (χ0n) is 32.5. The number of nitrogens with one attached hydrogen (secondary N) is 3. The second-order valence-electron chi connectivity index (χ2n) is 15.2. The molecule has 6 atom stereocenters. The average Bonchev–Trinajstić information content (AvgIpc) is 3.61. The molecule has 22 nitrogen and oxygen atoms in total. The smallest absolute Gasteiger partial charge is 0.426 e. The van der Waals surface area contributed by atoms with E-state index in [1.165, 1.54) is 11.8 Å². The van der Waals surface area contributed by atoms with Crippen molar-refractivity contribution in [3.63, 3.8) is 0 Å². The molecule has 5 saturated heterocycles. The van der Waals surface area contributed by atoms with Crippen LogP contribution in [0.25, 0.3) is 0 Å². The van der Waals surface area contributed by atoms with Crippen LogP contribution in [0, 0.1) is 5.92 Å². The Kier molecular flexibility index (Phi) is 14.8. The summed E-state index contributed by atoms with van der Waals surface area (Å²) >= 11 is 0. The van der Waals surface area contributed by atoms with Gasteiger partial charge in [-0.2, -0.15) is 0 Å². The Morgan fingerprint density at radius 2 is 1.28 bits per heavy atom. The minimum Gasteiger partial charge on any atom is -0.426 e. The zero-order chi connectivity index (χ0) is 41.4. The van der Waals surface area contributed by atoms with Gasteiger partial charge in [0.05, 0.1) is 32.1 Å². The Bertz CT molecular complexity index is 1500. The van der Waals surface area contributed by atoms with E-state index in [0.29, 0.717) is 58.7 Å². The topological polar surface area (TPSA) is 266 Å². The normalized spacial score (nSPS) is 30.5.